The lowest BCUT2D eigenvalue weighted by molar-refractivity contribution is 0.164. The first-order valence-corrected chi connectivity index (χ1v) is 5.41. The molecule has 1 nitrogen and oxygen atoms in total. The zero-order valence-corrected chi connectivity index (χ0v) is 9.50. The van der Waals surface area contributed by atoms with Gasteiger partial charge in [0.15, 0.2) is 0 Å². The molecule has 14 heavy (non-hydrogen) atoms. The molecule has 1 atom stereocenters. The molecule has 0 fully saturated rings. The van der Waals surface area contributed by atoms with Gasteiger partial charge in [-0.25, -0.2) is 0 Å². The van der Waals surface area contributed by atoms with Crippen LogP contribution in [0.5, 0.6) is 0 Å². The molecule has 0 aliphatic rings. The van der Waals surface area contributed by atoms with Gasteiger partial charge >= 0.3 is 0 Å². The van der Waals surface area contributed by atoms with Crippen LogP contribution in [0.4, 0.5) is 0 Å². The van der Waals surface area contributed by atoms with E-state index in [1.807, 2.05) is 24.3 Å². The molecule has 1 aromatic carbocycles. The van der Waals surface area contributed by atoms with Gasteiger partial charge in [0.1, 0.15) is 0 Å². The zero-order valence-electron chi connectivity index (χ0n) is 7.91. The van der Waals surface area contributed by atoms with Crippen molar-refractivity contribution in [3.63, 3.8) is 0 Å². The second-order valence-corrected chi connectivity index (χ2v) is 3.99. The summed E-state index contributed by atoms with van der Waals surface area (Å²) >= 11 is 3.41. The van der Waals surface area contributed by atoms with Crippen molar-refractivity contribution in [3.8, 4) is 12.3 Å². The third kappa shape index (κ3) is 3.17. The van der Waals surface area contributed by atoms with Crippen LogP contribution in [0, 0.1) is 12.3 Å². The summed E-state index contributed by atoms with van der Waals surface area (Å²) in [5.74, 6) is 2.57. The SMILES string of the molecule is C#CCCCC(O)c1ccccc1Br. The number of aliphatic hydroxyl groups excluding tert-OH is 1. The van der Waals surface area contributed by atoms with Crippen LogP contribution in [-0.2, 0) is 0 Å². The fourth-order valence-electron chi connectivity index (χ4n) is 1.30. The number of benzene rings is 1. The van der Waals surface area contributed by atoms with Crippen LogP contribution in [0.3, 0.4) is 0 Å². The quantitative estimate of drug-likeness (QED) is 0.644. The Hall–Kier alpha value is -0.780. The molecule has 0 saturated heterocycles. The first-order valence-electron chi connectivity index (χ1n) is 4.61. The molecule has 0 radical (unpaired) electrons. The minimum atomic E-state index is -0.418. The van der Waals surface area contributed by atoms with Gasteiger partial charge in [-0.15, -0.1) is 12.3 Å². The van der Waals surface area contributed by atoms with E-state index in [4.69, 9.17) is 6.42 Å². The zero-order chi connectivity index (χ0) is 10.4. The highest BCUT2D eigenvalue weighted by Crippen LogP contribution is 2.26. The van der Waals surface area contributed by atoms with Crippen LogP contribution >= 0.6 is 15.9 Å². The van der Waals surface area contributed by atoms with E-state index in [9.17, 15) is 5.11 Å². The van der Waals surface area contributed by atoms with Crippen molar-refractivity contribution in [3.05, 3.63) is 34.3 Å². The Morgan fingerprint density at radius 2 is 2.14 bits per heavy atom. The second kappa shape index (κ2) is 5.85. The van der Waals surface area contributed by atoms with Crippen LogP contribution < -0.4 is 0 Å². The van der Waals surface area contributed by atoms with Gasteiger partial charge in [0, 0.05) is 10.9 Å². The Morgan fingerprint density at radius 3 is 2.79 bits per heavy atom. The van der Waals surface area contributed by atoms with Crippen molar-refractivity contribution < 1.29 is 5.11 Å². The molecule has 74 valence electrons. The van der Waals surface area contributed by atoms with Gasteiger partial charge in [0.25, 0.3) is 0 Å². The predicted molar refractivity (Wildman–Crippen MR) is 61.8 cm³/mol. The number of aliphatic hydroxyl groups is 1. The summed E-state index contributed by atoms with van der Waals surface area (Å²) in [7, 11) is 0. The highest BCUT2D eigenvalue weighted by atomic mass is 79.9. The number of hydrogen-bond acceptors (Lipinski definition) is 1. The van der Waals surface area contributed by atoms with Gasteiger partial charge in [-0.1, -0.05) is 34.1 Å². The Kier molecular flexibility index (Phi) is 4.72. The number of terminal acetylenes is 1. The van der Waals surface area contributed by atoms with E-state index in [0.717, 1.165) is 22.9 Å². The molecule has 0 saturated carbocycles. The van der Waals surface area contributed by atoms with Gasteiger partial charge in [-0.05, 0) is 24.5 Å². The van der Waals surface area contributed by atoms with Crippen molar-refractivity contribution in [1.29, 1.82) is 0 Å². The van der Waals surface area contributed by atoms with Crippen LogP contribution in [0.2, 0.25) is 0 Å². The molecule has 1 unspecified atom stereocenters. The maximum absolute atomic E-state index is 9.83. The molecule has 0 bridgehead atoms. The standard InChI is InChI=1S/C12H13BrO/c1-2-3-4-9-12(14)10-7-5-6-8-11(10)13/h1,5-8,12,14H,3-4,9H2. The molecule has 1 rings (SSSR count). The maximum Gasteiger partial charge on any atom is 0.0801 e. The summed E-state index contributed by atoms with van der Waals surface area (Å²) in [6, 6.07) is 7.70. The fourth-order valence-corrected chi connectivity index (χ4v) is 1.85. The second-order valence-electron chi connectivity index (χ2n) is 3.13. The molecule has 0 aliphatic heterocycles. The van der Waals surface area contributed by atoms with Crippen LogP contribution in [0.1, 0.15) is 30.9 Å². The van der Waals surface area contributed by atoms with E-state index in [1.54, 1.807) is 0 Å². The fraction of sp³-hybridized carbons (Fsp3) is 0.333. The molecule has 0 heterocycles. The largest absolute Gasteiger partial charge is 0.388 e. The molecular weight excluding hydrogens is 240 g/mol. The molecule has 1 aromatic rings. The van der Waals surface area contributed by atoms with Crippen LogP contribution in [-0.4, -0.2) is 5.11 Å². The third-order valence-corrected chi connectivity index (χ3v) is 2.79. The normalized spacial score (nSPS) is 12.1. The third-order valence-electron chi connectivity index (χ3n) is 2.06. The van der Waals surface area contributed by atoms with Crippen LogP contribution in [0.15, 0.2) is 28.7 Å². The lowest BCUT2D eigenvalue weighted by atomic mass is 10.0. The smallest absolute Gasteiger partial charge is 0.0801 e. The topological polar surface area (TPSA) is 20.2 Å². The van der Waals surface area contributed by atoms with Crippen molar-refractivity contribution in [2.45, 2.75) is 25.4 Å². The number of unbranched alkanes of at least 4 members (excludes halogenated alkanes) is 1. The van der Waals surface area contributed by atoms with Gasteiger partial charge in [-0.3, -0.25) is 0 Å². The van der Waals surface area contributed by atoms with E-state index in [0.29, 0.717) is 6.42 Å². The summed E-state index contributed by atoms with van der Waals surface area (Å²) in [4.78, 5) is 0. The monoisotopic (exact) mass is 252 g/mol. The Balaban J connectivity index is 2.57. The summed E-state index contributed by atoms with van der Waals surface area (Å²) in [5, 5.41) is 9.83. The molecule has 2 heteroatoms. The van der Waals surface area contributed by atoms with Crippen LogP contribution in [0.25, 0.3) is 0 Å². The van der Waals surface area contributed by atoms with Crippen molar-refractivity contribution in [2.24, 2.45) is 0 Å². The minimum Gasteiger partial charge on any atom is -0.388 e. The Morgan fingerprint density at radius 1 is 1.43 bits per heavy atom. The molecule has 0 spiro atoms. The lowest BCUT2D eigenvalue weighted by Crippen LogP contribution is -1.97. The van der Waals surface area contributed by atoms with Crippen molar-refractivity contribution in [2.75, 3.05) is 0 Å². The van der Waals surface area contributed by atoms with E-state index in [2.05, 4.69) is 21.9 Å². The van der Waals surface area contributed by atoms with Gasteiger partial charge < -0.3 is 5.11 Å². The molecule has 1 N–H and O–H groups in total. The van der Waals surface area contributed by atoms with Gasteiger partial charge in [0.2, 0.25) is 0 Å². The highest BCUT2D eigenvalue weighted by molar-refractivity contribution is 9.10. The first kappa shape index (κ1) is 11.3. The maximum atomic E-state index is 9.83. The first-order chi connectivity index (χ1) is 6.75. The van der Waals surface area contributed by atoms with E-state index in [1.165, 1.54) is 0 Å². The van der Waals surface area contributed by atoms with E-state index in [-0.39, 0.29) is 0 Å². The summed E-state index contributed by atoms with van der Waals surface area (Å²) in [5.41, 5.74) is 0.935. The van der Waals surface area contributed by atoms with Gasteiger partial charge in [0.05, 0.1) is 6.10 Å². The Labute approximate surface area is 93.3 Å². The highest BCUT2D eigenvalue weighted by Gasteiger charge is 2.09. The summed E-state index contributed by atoms with van der Waals surface area (Å²) in [6.45, 7) is 0. The lowest BCUT2D eigenvalue weighted by Gasteiger charge is -2.11. The number of halogens is 1. The van der Waals surface area contributed by atoms with E-state index >= 15 is 0 Å². The summed E-state index contributed by atoms with van der Waals surface area (Å²) < 4.78 is 0.952. The number of rotatable bonds is 4. The van der Waals surface area contributed by atoms with Crippen molar-refractivity contribution >= 4 is 15.9 Å². The molecule has 0 aliphatic carbocycles. The molecule has 0 amide bonds. The molecule has 0 aromatic heterocycles. The average Bonchev–Trinajstić information content (AvgIpc) is 2.18. The molecular formula is C12H13BrO. The van der Waals surface area contributed by atoms with Gasteiger partial charge in [-0.2, -0.15) is 0 Å². The predicted octanol–water partition coefficient (Wildman–Crippen LogP) is 3.29. The minimum absolute atomic E-state index is 0.418. The number of hydrogen-bond donors (Lipinski definition) is 1. The Bertz CT molecular complexity index is 327. The summed E-state index contributed by atoms with van der Waals surface area (Å²) in [6.07, 6.45) is 7.02. The van der Waals surface area contributed by atoms with Crippen molar-refractivity contribution in [1.82, 2.24) is 0 Å². The van der Waals surface area contributed by atoms with E-state index < -0.39 is 6.10 Å². The average molecular weight is 253 g/mol.